The highest BCUT2D eigenvalue weighted by Gasteiger charge is 2.49. The molecule has 1 aliphatic heterocycles. The molecule has 1 amide bonds. The van der Waals surface area contributed by atoms with Crippen molar-refractivity contribution in [2.45, 2.75) is 56.5 Å². The van der Waals surface area contributed by atoms with Crippen molar-refractivity contribution in [2.75, 3.05) is 26.3 Å². The quantitative estimate of drug-likeness (QED) is 0.900. The van der Waals surface area contributed by atoms with Crippen LogP contribution in [-0.2, 0) is 9.53 Å². The van der Waals surface area contributed by atoms with Gasteiger partial charge in [0, 0.05) is 36.5 Å². The second kappa shape index (κ2) is 6.52. The zero-order chi connectivity index (χ0) is 16.6. The van der Waals surface area contributed by atoms with Gasteiger partial charge < -0.3 is 14.5 Å². The minimum Gasteiger partial charge on any atom is -0.469 e. The van der Waals surface area contributed by atoms with Crippen LogP contribution in [0.1, 0.15) is 50.7 Å². The Morgan fingerprint density at radius 2 is 2.08 bits per heavy atom. The third-order valence-electron chi connectivity index (χ3n) is 6.31. The second-order valence-corrected chi connectivity index (χ2v) is 7.60. The maximum atomic E-state index is 12.7. The van der Waals surface area contributed by atoms with E-state index in [1.807, 2.05) is 12.1 Å². The summed E-state index contributed by atoms with van der Waals surface area (Å²) in [4.78, 5) is 15.3. The maximum absolute atomic E-state index is 12.7. The number of nitrogens with zero attached hydrogens (tertiary/aromatic N) is 1. The lowest BCUT2D eigenvalue weighted by Crippen LogP contribution is -2.62. The third-order valence-corrected chi connectivity index (χ3v) is 6.31. The van der Waals surface area contributed by atoms with Gasteiger partial charge in [0.25, 0.3) is 0 Å². The Balaban J connectivity index is 1.40. The van der Waals surface area contributed by atoms with Crippen molar-refractivity contribution in [2.24, 2.45) is 5.92 Å². The van der Waals surface area contributed by atoms with E-state index >= 15 is 0 Å². The van der Waals surface area contributed by atoms with Crippen LogP contribution in [0.5, 0.6) is 0 Å². The van der Waals surface area contributed by atoms with E-state index in [0.717, 1.165) is 38.5 Å². The first-order valence-electron chi connectivity index (χ1n) is 9.37. The molecule has 0 aromatic carbocycles. The number of carbonyl (C=O) groups is 1. The fourth-order valence-corrected chi connectivity index (χ4v) is 4.78. The summed E-state index contributed by atoms with van der Waals surface area (Å²) in [6, 6.07) is 4.06. The highest BCUT2D eigenvalue weighted by Crippen LogP contribution is 2.48. The van der Waals surface area contributed by atoms with Crippen LogP contribution in [0.15, 0.2) is 22.8 Å². The normalized spacial score (nSPS) is 30.9. The van der Waals surface area contributed by atoms with Gasteiger partial charge in [0.15, 0.2) is 0 Å². The molecular formula is C19H28N2O3. The van der Waals surface area contributed by atoms with Crippen molar-refractivity contribution in [1.29, 1.82) is 0 Å². The van der Waals surface area contributed by atoms with Crippen LogP contribution >= 0.6 is 0 Å². The van der Waals surface area contributed by atoms with Crippen molar-refractivity contribution in [3.8, 4) is 0 Å². The topological polar surface area (TPSA) is 54.7 Å². The largest absolute Gasteiger partial charge is 0.469 e. The van der Waals surface area contributed by atoms with Crippen LogP contribution in [0, 0.1) is 5.92 Å². The highest BCUT2D eigenvalue weighted by atomic mass is 16.5. The van der Waals surface area contributed by atoms with Gasteiger partial charge in [-0.3, -0.25) is 9.69 Å². The number of carbonyl (C=O) groups excluding carboxylic acids is 1. The van der Waals surface area contributed by atoms with Crippen molar-refractivity contribution < 1.29 is 13.9 Å². The zero-order valence-corrected chi connectivity index (χ0v) is 14.5. The average molecular weight is 332 g/mol. The van der Waals surface area contributed by atoms with Crippen LogP contribution in [-0.4, -0.2) is 48.7 Å². The minimum absolute atomic E-state index is 0.0849. The molecule has 3 unspecified atom stereocenters. The van der Waals surface area contributed by atoms with E-state index in [9.17, 15) is 4.79 Å². The second-order valence-electron chi connectivity index (χ2n) is 7.60. The smallest absolute Gasteiger partial charge is 0.224 e. The van der Waals surface area contributed by atoms with Crippen LogP contribution in [0.25, 0.3) is 0 Å². The molecule has 24 heavy (non-hydrogen) atoms. The number of nitrogens with one attached hydrogen (secondary N) is 1. The first kappa shape index (κ1) is 16.2. The Labute approximate surface area is 143 Å². The molecule has 4 rings (SSSR count). The van der Waals surface area contributed by atoms with Crippen LogP contribution < -0.4 is 5.32 Å². The lowest BCUT2D eigenvalue weighted by atomic mass is 9.86. The third kappa shape index (κ3) is 2.88. The van der Waals surface area contributed by atoms with Gasteiger partial charge in [0.1, 0.15) is 5.76 Å². The van der Waals surface area contributed by atoms with Crippen LogP contribution in [0.4, 0.5) is 0 Å². The molecule has 1 aromatic rings. The number of hydrogen-bond acceptors (Lipinski definition) is 4. The van der Waals surface area contributed by atoms with Gasteiger partial charge in [0.05, 0.1) is 19.5 Å². The molecule has 3 atom stereocenters. The number of hydrogen-bond donors (Lipinski definition) is 1. The molecule has 5 heteroatoms. The van der Waals surface area contributed by atoms with E-state index in [2.05, 4.69) is 17.1 Å². The predicted molar refractivity (Wildman–Crippen MR) is 90.8 cm³/mol. The number of morpholine rings is 1. The summed E-state index contributed by atoms with van der Waals surface area (Å²) in [6.07, 6.45) is 7.49. The van der Waals surface area contributed by atoms with E-state index in [0.29, 0.717) is 0 Å². The number of ether oxygens (including phenoxy) is 1. The van der Waals surface area contributed by atoms with Gasteiger partial charge >= 0.3 is 0 Å². The van der Waals surface area contributed by atoms with Gasteiger partial charge in [-0.2, -0.15) is 0 Å². The molecule has 2 saturated carbocycles. The molecular weight excluding hydrogens is 304 g/mol. The van der Waals surface area contributed by atoms with E-state index in [4.69, 9.17) is 9.15 Å². The summed E-state index contributed by atoms with van der Waals surface area (Å²) < 4.78 is 11.0. The molecule has 1 saturated heterocycles. The average Bonchev–Trinajstić information content (AvgIpc) is 3.04. The summed E-state index contributed by atoms with van der Waals surface area (Å²) in [5.41, 5.74) is 0.120. The Bertz CT molecular complexity index is 559. The Kier molecular flexibility index (Phi) is 4.39. The van der Waals surface area contributed by atoms with Gasteiger partial charge in [0.2, 0.25) is 5.91 Å². The summed E-state index contributed by atoms with van der Waals surface area (Å²) in [6.45, 7) is 5.79. The molecule has 1 N–H and O–H groups in total. The molecule has 0 bridgehead atoms. The SMILES string of the molecule is CC(NC(=O)C1CC1c1ccco1)C1(N2CCOCC2)CCCC1. The van der Waals surface area contributed by atoms with Gasteiger partial charge in [-0.15, -0.1) is 0 Å². The summed E-state index contributed by atoms with van der Waals surface area (Å²) >= 11 is 0. The first-order chi connectivity index (χ1) is 11.7. The molecule has 5 nitrogen and oxygen atoms in total. The Morgan fingerprint density at radius 3 is 2.75 bits per heavy atom. The monoisotopic (exact) mass is 332 g/mol. The number of amides is 1. The highest BCUT2D eigenvalue weighted by molar-refractivity contribution is 5.83. The fourth-order valence-electron chi connectivity index (χ4n) is 4.78. The molecule has 3 aliphatic rings. The molecule has 2 heterocycles. The molecule has 3 fully saturated rings. The Hall–Kier alpha value is -1.33. The number of rotatable bonds is 5. The standard InChI is InChI=1S/C19H28N2O3/c1-14(19(6-2-3-7-19)21-8-11-23-12-9-21)20-18(22)16-13-15(16)17-5-4-10-24-17/h4-5,10,14-16H,2-3,6-9,11-13H2,1H3,(H,20,22). The van der Waals surface area contributed by atoms with Crippen molar-refractivity contribution >= 4 is 5.91 Å². The van der Waals surface area contributed by atoms with E-state index in [1.165, 1.54) is 25.7 Å². The van der Waals surface area contributed by atoms with Gasteiger partial charge in [-0.05, 0) is 38.3 Å². The lowest BCUT2D eigenvalue weighted by molar-refractivity contribution is -0.124. The van der Waals surface area contributed by atoms with E-state index < -0.39 is 0 Å². The maximum Gasteiger partial charge on any atom is 0.224 e. The summed E-state index contributed by atoms with van der Waals surface area (Å²) in [5.74, 6) is 1.51. The molecule has 0 radical (unpaired) electrons. The molecule has 132 valence electrons. The zero-order valence-electron chi connectivity index (χ0n) is 14.5. The summed E-state index contributed by atoms with van der Waals surface area (Å²) in [7, 11) is 0. The van der Waals surface area contributed by atoms with Gasteiger partial charge in [-0.1, -0.05) is 12.8 Å². The Morgan fingerprint density at radius 1 is 1.33 bits per heavy atom. The van der Waals surface area contributed by atoms with Gasteiger partial charge in [-0.25, -0.2) is 0 Å². The molecule has 2 aliphatic carbocycles. The van der Waals surface area contributed by atoms with Crippen LogP contribution in [0.2, 0.25) is 0 Å². The summed E-state index contributed by atoms with van der Waals surface area (Å²) in [5, 5.41) is 3.35. The lowest BCUT2D eigenvalue weighted by Gasteiger charge is -2.47. The predicted octanol–water partition coefficient (Wildman–Crippen LogP) is 2.53. The molecule has 1 aromatic heterocycles. The minimum atomic E-state index is 0.0849. The van der Waals surface area contributed by atoms with E-state index in [-0.39, 0.29) is 29.3 Å². The number of furan rings is 1. The van der Waals surface area contributed by atoms with Crippen LogP contribution in [0.3, 0.4) is 0 Å². The van der Waals surface area contributed by atoms with Crippen molar-refractivity contribution in [1.82, 2.24) is 10.2 Å². The van der Waals surface area contributed by atoms with E-state index in [1.54, 1.807) is 6.26 Å². The van der Waals surface area contributed by atoms with Crippen molar-refractivity contribution in [3.63, 3.8) is 0 Å². The molecule has 0 spiro atoms. The fraction of sp³-hybridized carbons (Fsp3) is 0.737. The first-order valence-corrected chi connectivity index (χ1v) is 9.37. The van der Waals surface area contributed by atoms with Crippen molar-refractivity contribution in [3.05, 3.63) is 24.2 Å².